The van der Waals surface area contributed by atoms with Crippen molar-refractivity contribution in [3.8, 4) is 0 Å². The molecule has 19 heavy (non-hydrogen) atoms. The van der Waals surface area contributed by atoms with E-state index in [-0.39, 0.29) is 6.04 Å². The van der Waals surface area contributed by atoms with Gasteiger partial charge in [-0.1, -0.05) is 0 Å². The molecule has 0 aliphatic carbocycles. The van der Waals surface area contributed by atoms with Gasteiger partial charge < -0.3 is 9.73 Å². The van der Waals surface area contributed by atoms with Crippen molar-refractivity contribution in [3.63, 3.8) is 0 Å². The highest BCUT2D eigenvalue weighted by atomic mass is 16.3. The summed E-state index contributed by atoms with van der Waals surface area (Å²) in [4.78, 5) is 12.8. The Morgan fingerprint density at radius 2 is 2.11 bits per heavy atom. The molecule has 1 unspecified atom stereocenters. The summed E-state index contributed by atoms with van der Waals surface area (Å²) in [5.74, 6) is 1.76. The summed E-state index contributed by atoms with van der Waals surface area (Å²) in [6.07, 6.45) is 5.81. The van der Waals surface area contributed by atoms with E-state index in [4.69, 9.17) is 4.42 Å². The van der Waals surface area contributed by atoms with Crippen LogP contribution in [0.25, 0.3) is 11.2 Å². The molecule has 0 saturated carbocycles. The van der Waals surface area contributed by atoms with Crippen LogP contribution in [0.3, 0.4) is 0 Å². The van der Waals surface area contributed by atoms with Crippen LogP contribution in [0.15, 0.2) is 47.3 Å². The number of nitrogens with one attached hydrogen (secondary N) is 1. The first-order valence-corrected chi connectivity index (χ1v) is 6.18. The summed E-state index contributed by atoms with van der Waals surface area (Å²) >= 11 is 0. The molecular formula is C14H14N4O. The lowest BCUT2D eigenvalue weighted by Gasteiger charge is -2.13. The van der Waals surface area contributed by atoms with Crippen LogP contribution in [0.5, 0.6) is 0 Å². The van der Waals surface area contributed by atoms with Crippen LogP contribution in [0.1, 0.15) is 12.7 Å². The third kappa shape index (κ3) is 2.70. The van der Waals surface area contributed by atoms with E-state index in [0.29, 0.717) is 5.65 Å². The van der Waals surface area contributed by atoms with Crippen molar-refractivity contribution in [2.24, 2.45) is 0 Å². The number of hydrogen-bond donors (Lipinski definition) is 1. The lowest BCUT2D eigenvalue weighted by molar-refractivity contribution is 0.497. The summed E-state index contributed by atoms with van der Waals surface area (Å²) in [7, 11) is 0. The van der Waals surface area contributed by atoms with Gasteiger partial charge in [-0.05, 0) is 31.2 Å². The highest BCUT2D eigenvalue weighted by Gasteiger charge is 2.07. The third-order valence-corrected chi connectivity index (χ3v) is 2.81. The fourth-order valence-corrected chi connectivity index (χ4v) is 1.97. The molecule has 96 valence electrons. The Hall–Kier alpha value is -2.43. The molecule has 0 spiro atoms. The van der Waals surface area contributed by atoms with Crippen molar-refractivity contribution in [1.29, 1.82) is 0 Å². The second-order valence-electron chi connectivity index (χ2n) is 4.42. The van der Waals surface area contributed by atoms with Crippen molar-refractivity contribution in [2.45, 2.75) is 19.4 Å². The summed E-state index contributed by atoms with van der Waals surface area (Å²) in [5.41, 5.74) is 1.45. The van der Waals surface area contributed by atoms with E-state index in [2.05, 4.69) is 27.2 Å². The van der Waals surface area contributed by atoms with E-state index >= 15 is 0 Å². The Bertz CT molecular complexity index is 666. The molecule has 0 aliphatic heterocycles. The number of furan rings is 1. The summed E-state index contributed by atoms with van der Waals surface area (Å²) in [5, 5.41) is 3.33. The third-order valence-electron chi connectivity index (χ3n) is 2.81. The number of rotatable bonds is 4. The van der Waals surface area contributed by atoms with Crippen LogP contribution in [-0.4, -0.2) is 21.0 Å². The predicted molar refractivity (Wildman–Crippen MR) is 72.8 cm³/mol. The average Bonchev–Trinajstić information content (AvgIpc) is 2.91. The molecule has 0 saturated heterocycles. The predicted octanol–water partition coefficient (Wildman–Crippen LogP) is 2.66. The van der Waals surface area contributed by atoms with Gasteiger partial charge in [0.15, 0.2) is 5.65 Å². The number of fused-ring (bicyclic) bond motifs is 1. The first kappa shape index (κ1) is 11.6. The van der Waals surface area contributed by atoms with Crippen molar-refractivity contribution < 1.29 is 4.42 Å². The monoisotopic (exact) mass is 254 g/mol. The second kappa shape index (κ2) is 5.06. The van der Waals surface area contributed by atoms with Crippen molar-refractivity contribution in [2.75, 3.05) is 5.32 Å². The maximum Gasteiger partial charge on any atom is 0.180 e. The molecule has 5 nitrogen and oxygen atoms in total. The van der Waals surface area contributed by atoms with Crippen molar-refractivity contribution >= 4 is 17.0 Å². The number of aromatic nitrogens is 3. The van der Waals surface area contributed by atoms with E-state index in [1.54, 1.807) is 18.7 Å². The Balaban J connectivity index is 1.73. The van der Waals surface area contributed by atoms with Crippen LogP contribution in [0.2, 0.25) is 0 Å². The fraction of sp³-hybridized carbons (Fsp3) is 0.214. The SMILES string of the molecule is CC(Cc1ccco1)Nc1ccc2nccnc2n1. The minimum absolute atomic E-state index is 0.229. The highest BCUT2D eigenvalue weighted by molar-refractivity contribution is 5.71. The Morgan fingerprint density at radius 3 is 2.95 bits per heavy atom. The number of hydrogen-bond acceptors (Lipinski definition) is 5. The topological polar surface area (TPSA) is 63.8 Å². The number of pyridine rings is 1. The van der Waals surface area contributed by atoms with Gasteiger partial charge >= 0.3 is 0 Å². The molecule has 5 heteroatoms. The Kier molecular flexibility index (Phi) is 3.10. The van der Waals surface area contributed by atoms with Gasteiger partial charge in [-0.25, -0.2) is 9.97 Å². The van der Waals surface area contributed by atoms with Gasteiger partial charge in [0.1, 0.15) is 17.1 Å². The molecule has 0 aliphatic rings. The Labute approximate surface area is 110 Å². The molecule has 1 atom stereocenters. The van der Waals surface area contributed by atoms with Gasteiger partial charge in [-0.3, -0.25) is 4.98 Å². The van der Waals surface area contributed by atoms with E-state index in [1.807, 2.05) is 24.3 Å². The van der Waals surface area contributed by atoms with Gasteiger partial charge in [0.25, 0.3) is 0 Å². The molecule has 0 fully saturated rings. The molecule has 3 rings (SSSR count). The fourth-order valence-electron chi connectivity index (χ4n) is 1.97. The van der Waals surface area contributed by atoms with Gasteiger partial charge in [-0.15, -0.1) is 0 Å². The summed E-state index contributed by atoms with van der Waals surface area (Å²) in [6.45, 7) is 2.09. The van der Waals surface area contributed by atoms with E-state index in [1.165, 1.54) is 0 Å². The molecule has 3 heterocycles. The first-order valence-electron chi connectivity index (χ1n) is 6.18. The maximum absolute atomic E-state index is 5.33. The zero-order chi connectivity index (χ0) is 13.1. The number of nitrogens with zero attached hydrogens (tertiary/aromatic N) is 3. The zero-order valence-electron chi connectivity index (χ0n) is 10.6. The highest BCUT2D eigenvalue weighted by Crippen LogP contribution is 2.13. The maximum atomic E-state index is 5.33. The molecular weight excluding hydrogens is 240 g/mol. The van der Waals surface area contributed by atoms with Crippen LogP contribution in [-0.2, 0) is 6.42 Å². The molecule has 3 aromatic rings. The van der Waals surface area contributed by atoms with E-state index < -0.39 is 0 Å². The van der Waals surface area contributed by atoms with Crippen molar-refractivity contribution in [3.05, 3.63) is 48.7 Å². The minimum Gasteiger partial charge on any atom is -0.469 e. The molecule has 1 N–H and O–H groups in total. The molecule has 3 aromatic heterocycles. The van der Waals surface area contributed by atoms with Crippen LogP contribution >= 0.6 is 0 Å². The summed E-state index contributed by atoms with van der Waals surface area (Å²) in [6, 6.07) is 7.92. The molecule has 0 aromatic carbocycles. The van der Waals surface area contributed by atoms with E-state index in [0.717, 1.165) is 23.5 Å². The van der Waals surface area contributed by atoms with Crippen molar-refractivity contribution in [1.82, 2.24) is 15.0 Å². The van der Waals surface area contributed by atoms with Gasteiger partial charge in [0, 0.05) is 24.9 Å². The zero-order valence-corrected chi connectivity index (χ0v) is 10.6. The van der Waals surface area contributed by atoms with Gasteiger partial charge in [-0.2, -0.15) is 0 Å². The standard InChI is InChI=1S/C14H14N4O/c1-10(9-11-3-2-8-19-11)17-13-5-4-12-14(18-13)16-7-6-15-12/h2-8,10H,9H2,1H3,(H,16,17,18). The largest absolute Gasteiger partial charge is 0.469 e. The summed E-state index contributed by atoms with van der Waals surface area (Å²) < 4.78 is 5.33. The molecule has 0 radical (unpaired) electrons. The normalized spacial score (nSPS) is 12.5. The minimum atomic E-state index is 0.229. The Morgan fingerprint density at radius 1 is 1.21 bits per heavy atom. The molecule has 0 bridgehead atoms. The second-order valence-corrected chi connectivity index (χ2v) is 4.42. The lowest BCUT2D eigenvalue weighted by atomic mass is 10.2. The number of anilines is 1. The smallest absolute Gasteiger partial charge is 0.180 e. The van der Waals surface area contributed by atoms with Crippen LogP contribution in [0, 0.1) is 0 Å². The lowest BCUT2D eigenvalue weighted by Crippen LogP contribution is -2.18. The molecule has 0 amide bonds. The van der Waals surface area contributed by atoms with Gasteiger partial charge in [0.05, 0.1) is 6.26 Å². The quantitative estimate of drug-likeness (QED) is 0.775. The van der Waals surface area contributed by atoms with Crippen LogP contribution in [0.4, 0.5) is 5.82 Å². The van der Waals surface area contributed by atoms with Gasteiger partial charge in [0.2, 0.25) is 0 Å². The van der Waals surface area contributed by atoms with E-state index in [9.17, 15) is 0 Å². The average molecular weight is 254 g/mol. The van der Waals surface area contributed by atoms with Crippen LogP contribution < -0.4 is 5.32 Å². The first-order chi connectivity index (χ1) is 9.31.